The van der Waals surface area contributed by atoms with Gasteiger partial charge in [-0.2, -0.15) is 0 Å². The van der Waals surface area contributed by atoms with E-state index in [1.165, 1.54) is 0 Å². The molecule has 5 nitrogen and oxygen atoms in total. The van der Waals surface area contributed by atoms with E-state index < -0.39 is 5.54 Å². The fraction of sp³-hybridized carbons (Fsp3) is 0.875. The molecule has 1 spiro atoms. The summed E-state index contributed by atoms with van der Waals surface area (Å²) in [5.74, 6) is -0.0874. The summed E-state index contributed by atoms with van der Waals surface area (Å²) >= 11 is 0. The summed E-state index contributed by atoms with van der Waals surface area (Å²) in [7, 11) is 2.01. The summed E-state index contributed by atoms with van der Waals surface area (Å²) in [6.45, 7) is 1.81. The Labute approximate surface area is 76.7 Å². The summed E-state index contributed by atoms with van der Waals surface area (Å²) in [5, 5.41) is 2.60. The molecule has 0 unspecified atom stereocenters. The lowest BCUT2D eigenvalue weighted by Gasteiger charge is -2.28. The van der Waals surface area contributed by atoms with E-state index in [4.69, 9.17) is 0 Å². The first kappa shape index (κ1) is 8.62. The molecular weight excluding hydrogens is 170 g/mol. The maximum absolute atomic E-state index is 11.5. The first-order chi connectivity index (χ1) is 6.15. The van der Waals surface area contributed by atoms with Gasteiger partial charge < -0.3 is 4.90 Å². The third-order valence-electron chi connectivity index (χ3n) is 3.10. The molecule has 13 heavy (non-hydrogen) atoms. The van der Waals surface area contributed by atoms with Gasteiger partial charge >= 0.3 is 5.91 Å². The second kappa shape index (κ2) is 2.77. The Bertz CT molecular complexity index is 238. The van der Waals surface area contributed by atoms with Crippen LogP contribution in [0.4, 0.5) is 0 Å². The number of rotatable bonds is 0. The minimum absolute atomic E-state index is 0.0874. The van der Waals surface area contributed by atoms with Crippen LogP contribution in [0.25, 0.3) is 0 Å². The minimum atomic E-state index is -0.744. The van der Waals surface area contributed by atoms with Gasteiger partial charge in [0, 0.05) is 35.6 Å². The Kier molecular flexibility index (Phi) is 1.83. The van der Waals surface area contributed by atoms with Crippen LogP contribution in [0, 0.1) is 4.91 Å². The highest BCUT2D eigenvalue weighted by atomic mass is 16.3. The zero-order chi connectivity index (χ0) is 9.47. The van der Waals surface area contributed by atoms with Crippen LogP contribution in [0.2, 0.25) is 0 Å². The molecule has 1 N–H and O–H groups in total. The minimum Gasteiger partial charge on any atom is -0.306 e. The van der Waals surface area contributed by atoms with Crippen LogP contribution in [0.1, 0.15) is 12.8 Å². The Morgan fingerprint density at radius 3 is 2.54 bits per heavy atom. The van der Waals surface area contributed by atoms with E-state index in [0.717, 1.165) is 17.8 Å². The molecular formula is C8H14N3O2+. The van der Waals surface area contributed by atoms with E-state index in [0.29, 0.717) is 12.8 Å². The summed E-state index contributed by atoms with van der Waals surface area (Å²) < 4.78 is 0.905. The number of nitroso groups, excluding NO2 is 1. The van der Waals surface area contributed by atoms with Gasteiger partial charge in [-0.05, 0) is 7.05 Å². The molecule has 0 bridgehead atoms. The largest absolute Gasteiger partial charge is 0.306 e. The van der Waals surface area contributed by atoms with Crippen LogP contribution in [0.3, 0.4) is 0 Å². The fourth-order valence-corrected chi connectivity index (χ4v) is 2.04. The molecule has 2 aliphatic heterocycles. The number of likely N-dealkylation sites (tertiary alicyclic amines) is 1. The molecule has 0 radical (unpaired) electrons. The maximum Gasteiger partial charge on any atom is 0.301 e. The summed E-state index contributed by atoms with van der Waals surface area (Å²) in [5.41, 5.74) is -0.744. The van der Waals surface area contributed by atoms with Crippen molar-refractivity contribution in [1.29, 1.82) is 0 Å². The quantitative estimate of drug-likeness (QED) is 0.507. The SMILES string of the molecule is CN1CCC2(CC1)C(=O)NC[N+]2=O. The van der Waals surface area contributed by atoms with E-state index in [9.17, 15) is 9.70 Å². The lowest BCUT2D eigenvalue weighted by atomic mass is 9.88. The monoisotopic (exact) mass is 184 g/mol. The predicted molar refractivity (Wildman–Crippen MR) is 46.1 cm³/mol. The molecule has 72 valence electrons. The smallest absolute Gasteiger partial charge is 0.301 e. The van der Waals surface area contributed by atoms with Crippen molar-refractivity contribution in [1.82, 2.24) is 10.2 Å². The van der Waals surface area contributed by atoms with Crippen LogP contribution in [0.15, 0.2) is 0 Å². The van der Waals surface area contributed by atoms with E-state index in [-0.39, 0.29) is 12.6 Å². The molecule has 2 saturated heterocycles. The third-order valence-corrected chi connectivity index (χ3v) is 3.10. The molecule has 0 atom stereocenters. The average molecular weight is 184 g/mol. The van der Waals surface area contributed by atoms with Crippen LogP contribution in [-0.4, -0.2) is 47.9 Å². The topological polar surface area (TPSA) is 52.4 Å². The van der Waals surface area contributed by atoms with Crippen LogP contribution < -0.4 is 5.32 Å². The van der Waals surface area contributed by atoms with Gasteiger partial charge in [0.25, 0.3) is 12.2 Å². The van der Waals surface area contributed by atoms with Crippen molar-refractivity contribution in [3.05, 3.63) is 4.91 Å². The van der Waals surface area contributed by atoms with Crippen molar-refractivity contribution < 1.29 is 9.55 Å². The second-order valence-electron chi connectivity index (χ2n) is 3.88. The molecule has 1 amide bonds. The molecule has 2 aliphatic rings. The Balaban J connectivity index is 2.19. The fourth-order valence-electron chi connectivity index (χ4n) is 2.04. The normalized spacial score (nSPS) is 28.1. The van der Waals surface area contributed by atoms with Gasteiger partial charge in [-0.3, -0.25) is 10.1 Å². The van der Waals surface area contributed by atoms with E-state index in [1.807, 2.05) is 7.05 Å². The van der Waals surface area contributed by atoms with Gasteiger partial charge in [0.1, 0.15) is 0 Å². The Morgan fingerprint density at radius 2 is 2.08 bits per heavy atom. The van der Waals surface area contributed by atoms with Gasteiger partial charge in [0.05, 0.1) is 0 Å². The molecule has 0 aromatic rings. The van der Waals surface area contributed by atoms with Gasteiger partial charge in [-0.15, -0.1) is 0 Å². The lowest BCUT2D eigenvalue weighted by molar-refractivity contribution is -0.602. The second-order valence-corrected chi connectivity index (χ2v) is 3.88. The highest BCUT2D eigenvalue weighted by molar-refractivity contribution is 5.86. The molecule has 2 heterocycles. The molecule has 0 aliphatic carbocycles. The number of nitrogens with zero attached hydrogens (tertiary/aromatic N) is 2. The van der Waals surface area contributed by atoms with E-state index >= 15 is 0 Å². The maximum atomic E-state index is 11.5. The van der Waals surface area contributed by atoms with Crippen molar-refractivity contribution in [2.75, 3.05) is 26.8 Å². The predicted octanol–water partition coefficient (Wildman–Crippen LogP) is -0.683. The molecule has 2 fully saturated rings. The van der Waals surface area contributed by atoms with Crippen molar-refractivity contribution in [2.45, 2.75) is 18.4 Å². The Morgan fingerprint density at radius 1 is 1.46 bits per heavy atom. The summed E-state index contributed by atoms with van der Waals surface area (Å²) in [6, 6.07) is 0. The Hall–Kier alpha value is -0.970. The molecule has 0 aromatic heterocycles. The highest BCUT2D eigenvalue weighted by Gasteiger charge is 2.58. The molecule has 0 aromatic carbocycles. The first-order valence-electron chi connectivity index (χ1n) is 4.57. The zero-order valence-electron chi connectivity index (χ0n) is 7.75. The first-order valence-corrected chi connectivity index (χ1v) is 4.57. The van der Waals surface area contributed by atoms with E-state index in [2.05, 4.69) is 10.2 Å². The summed E-state index contributed by atoms with van der Waals surface area (Å²) in [6.07, 6.45) is 1.30. The number of amides is 1. The lowest BCUT2D eigenvalue weighted by Crippen LogP contribution is -2.51. The number of hydrogen-bond donors (Lipinski definition) is 1. The van der Waals surface area contributed by atoms with Crippen molar-refractivity contribution in [3.8, 4) is 0 Å². The van der Waals surface area contributed by atoms with Crippen LogP contribution in [-0.2, 0) is 4.79 Å². The zero-order valence-corrected chi connectivity index (χ0v) is 7.75. The number of piperidine rings is 1. The van der Waals surface area contributed by atoms with E-state index in [1.54, 1.807) is 0 Å². The average Bonchev–Trinajstić information content (AvgIpc) is 2.39. The van der Waals surface area contributed by atoms with Crippen LogP contribution >= 0.6 is 0 Å². The van der Waals surface area contributed by atoms with Gasteiger partial charge in [-0.25, -0.2) is 0 Å². The molecule has 5 heteroatoms. The number of carbonyl (C=O) groups excluding carboxylic acids is 1. The van der Waals surface area contributed by atoms with Crippen molar-refractivity contribution in [2.24, 2.45) is 0 Å². The van der Waals surface area contributed by atoms with Crippen molar-refractivity contribution in [3.63, 3.8) is 0 Å². The van der Waals surface area contributed by atoms with Gasteiger partial charge in [0.2, 0.25) is 0 Å². The number of carbonyl (C=O) groups is 1. The summed E-state index contributed by atoms with van der Waals surface area (Å²) in [4.78, 5) is 25.1. The van der Waals surface area contributed by atoms with Gasteiger partial charge in [-0.1, -0.05) is 0 Å². The third kappa shape index (κ3) is 1.14. The molecule has 2 rings (SSSR count). The standard InChI is InChI=1S/C8H13N3O2/c1-10-4-2-8(3-5-10)7(12)9-6-11(8)13/h2-6H2,1H3/p+1. The number of hydrogen-bond acceptors (Lipinski definition) is 3. The molecule has 0 saturated carbocycles. The van der Waals surface area contributed by atoms with Crippen LogP contribution in [0.5, 0.6) is 0 Å². The highest BCUT2D eigenvalue weighted by Crippen LogP contribution is 2.28. The number of nitrogens with one attached hydrogen (secondary N) is 1. The van der Waals surface area contributed by atoms with Crippen molar-refractivity contribution >= 4 is 5.91 Å². The van der Waals surface area contributed by atoms with Gasteiger partial charge in [0.15, 0.2) is 0 Å².